The average Bonchev–Trinajstić information content (AvgIpc) is 3.53. The van der Waals surface area contributed by atoms with Crippen LogP contribution in [0.3, 0.4) is 0 Å². The zero-order chi connectivity index (χ0) is 27.3. The molecule has 0 aliphatic carbocycles. The van der Waals surface area contributed by atoms with Crippen molar-refractivity contribution in [1.82, 2.24) is 0 Å². The molecule has 0 aliphatic rings. The third kappa shape index (κ3) is 5.86. The molecule has 0 aliphatic heterocycles. The predicted octanol–water partition coefficient (Wildman–Crippen LogP) is 10.5. The summed E-state index contributed by atoms with van der Waals surface area (Å²) < 4.78 is 0. The fourth-order valence-electron chi connectivity index (χ4n) is 7.02. The van der Waals surface area contributed by atoms with E-state index in [0.717, 1.165) is 0 Å². The molecule has 2 heteroatoms. The normalized spacial score (nSPS) is 11.2. The number of hydrogen-bond donors (Lipinski definition) is 0. The minimum absolute atomic E-state index is 0. The molecule has 0 nitrogen and oxygen atoms in total. The number of hydrogen-bond acceptors (Lipinski definition) is 0. The van der Waals surface area contributed by atoms with Crippen LogP contribution in [0.25, 0.3) is 43.8 Å². The molecule has 0 aromatic heterocycles. The first-order valence-electron chi connectivity index (χ1n) is 14.4. The van der Waals surface area contributed by atoms with Gasteiger partial charge in [-0.3, -0.25) is 0 Å². The zero-order valence-electron chi connectivity index (χ0n) is 26.7. The van der Waals surface area contributed by atoms with E-state index >= 15 is 0 Å². The van der Waals surface area contributed by atoms with Gasteiger partial charge in [0.15, 0.2) is 0 Å². The molecule has 6 aromatic carbocycles. The van der Waals surface area contributed by atoms with Gasteiger partial charge in [-0.25, -0.2) is 0 Å². The largest absolute Gasteiger partial charge is 4.00 e. The van der Waals surface area contributed by atoms with E-state index in [9.17, 15) is 0 Å². The molecule has 6 rings (SSSR count). The first kappa shape index (κ1) is 33.7. The SMILES string of the molecule is CC[Si](CC)(c1cc2c(-c3cc(C)cc(C)c3)cccc2[cH-]1)c1cc2c(-c3cc(C)cc(C)c3)cccc2[cH-]1.[CH3-].[CH3-].[Hf+4]. The molecule has 0 saturated heterocycles. The third-order valence-electron chi connectivity index (χ3n) is 8.88. The Morgan fingerprint density at radius 3 is 1.21 bits per heavy atom. The van der Waals surface area contributed by atoms with Crippen LogP contribution >= 0.6 is 0 Å². The average molecular weight is 731 g/mol. The molecule has 6 aromatic rings. The van der Waals surface area contributed by atoms with Gasteiger partial charge in [0.2, 0.25) is 0 Å². The van der Waals surface area contributed by atoms with E-state index in [1.165, 1.54) is 78.1 Å². The van der Waals surface area contributed by atoms with Crippen LogP contribution in [0.5, 0.6) is 0 Å². The quantitative estimate of drug-likeness (QED) is 0.118. The predicted molar refractivity (Wildman–Crippen MR) is 188 cm³/mol. The molecule has 0 bridgehead atoms. The van der Waals surface area contributed by atoms with Gasteiger partial charge in [-0.2, -0.15) is 12.1 Å². The summed E-state index contributed by atoms with van der Waals surface area (Å²) in [5.74, 6) is 0. The Kier molecular flexibility index (Phi) is 10.6. The molecule has 0 heterocycles. The van der Waals surface area contributed by atoms with Crippen LogP contribution in [0.4, 0.5) is 0 Å². The standard InChI is InChI=1S/C38H38Si.2CH3.Hf/c1-7-39(8-2,33-21-29-11-9-13-35(37(29)23-33)31-17-25(3)15-26(4)18-31)34-22-30-12-10-14-36(38(30)24-34)32-19-27(5)16-28(6)20-32;;;/h9-24H,7-8H2,1-6H3;2*1H3;/q-2;2*-1;+4. The maximum atomic E-state index is 2.55. The van der Waals surface area contributed by atoms with E-state index in [1.54, 1.807) is 10.4 Å². The van der Waals surface area contributed by atoms with E-state index in [2.05, 4.69) is 139 Å². The zero-order valence-corrected chi connectivity index (χ0v) is 31.2. The number of aryl methyl sites for hydroxylation is 4. The van der Waals surface area contributed by atoms with Crippen molar-refractivity contribution in [2.75, 3.05) is 0 Å². The molecule has 0 amide bonds. The van der Waals surface area contributed by atoms with Gasteiger partial charge in [0.1, 0.15) is 0 Å². The molecular weight excluding hydrogens is 687 g/mol. The van der Waals surface area contributed by atoms with Crippen LogP contribution < -0.4 is 10.4 Å². The fourth-order valence-corrected chi connectivity index (χ4v) is 11.2. The van der Waals surface area contributed by atoms with Crippen LogP contribution in [0.15, 0.2) is 97.1 Å². The van der Waals surface area contributed by atoms with Gasteiger partial charge >= 0.3 is 25.8 Å². The van der Waals surface area contributed by atoms with Crippen LogP contribution in [-0.2, 0) is 25.8 Å². The minimum Gasteiger partial charge on any atom is -0.358 e. The third-order valence-corrected chi connectivity index (χ3v) is 14.1. The van der Waals surface area contributed by atoms with E-state index in [-0.39, 0.29) is 40.7 Å². The van der Waals surface area contributed by atoms with Crippen molar-refractivity contribution in [2.24, 2.45) is 0 Å². The molecule has 0 unspecified atom stereocenters. The van der Waals surface area contributed by atoms with Crippen molar-refractivity contribution in [3.8, 4) is 22.3 Å². The second-order valence-electron chi connectivity index (χ2n) is 11.6. The summed E-state index contributed by atoms with van der Waals surface area (Å²) in [4.78, 5) is 0. The van der Waals surface area contributed by atoms with Crippen LogP contribution in [0.2, 0.25) is 12.1 Å². The van der Waals surface area contributed by atoms with Gasteiger partial charge in [-0.05, 0) is 38.8 Å². The van der Waals surface area contributed by atoms with Crippen molar-refractivity contribution in [2.45, 2.75) is 53.6 Å². The fraction of sp³-hybridized carbons (Fsp3) is 0.200. The van der Waals surface area contributed by atoms with E-state index in [4.69, 9.17) is 0 Å². The molecule has 0 fully saturated rings. The Bertz CT molecular complexity index is 1650. The summed E-state index contributed by atoms with van der Waals surface area (Å²) in [6.45, 7) is 13.6. The molecule has 0 spiro atoms. The molecular formula is C40H44HfSi. The molecule has 42 heavy (non-hydrogen) atoms. The number of rotatable bonds is 6. The van der Waals surface area contributed by atoms with Gasteiger partial charge in [0.05, 0.1) is 8.07 Å². The summed E-state index contributed by atoms with van der Waals surface area (Å²) in [7, 11) is -1.95. The van der Waals surface area contributed by atoms with Gasteiger partial charge in [0, 0.05) is 0 Å². The summed E-state index contributed by atoms with van der Waals surface area (Å²) >= 11 is 0. The number of benzene rings is 4. The van der Waals surface area contributed by atoms with Crippen molar-refractivity contribution in [1.29, 1.82) is 0 Å². The summed E-state index contributed by atoms with van der Waals surface area (Å²) in [5, 5.41) is 8.66. The molecule has 212 valence electrons. The summed E-state index contributed by atoms with van der Waals surface area (Å²) in [6.07, 6.45) is 0. The Morgan fingerprint density at radius 1 is 0.524 bits per heavy atom. The number of fused-ring (bicyclic) bond motifs is 2. The van der Waals surface area contributed by atoms with E-state index in [0.29, 0.717) is 0 Å². The topological polar surface area (TPSA) is 0 Å². The van der Waals surface area contributed by atoms with Gasteiger partial charge in [0.25, 0.3) is 0 Å². The van der Waals surface area contributed by atoms with Crippen molar-refractivity contribution in [3.63, 3.8) is 0 Å². The Balaban J connectivity index is 0.00000161. The van der Waals surface area contributed by atoms with Gasteiger partial charge in [-0.15, -0.1) is 68.3 Å². The maximum Gasteiger partial charge on any atom is 4.00 e. The molecule has 0 atom stereocenters. The maximum absolute atomic E-state index is 2.55. The minimum atomic E-state index is -1.95. The van der Waals surface area contributed by atoms with Crippen LogP contribution in [-0.4, -0.2) is 8.07 Å². The summed E-state index contributed by atoms with van der Waals surface area (Å²) in [6, 6.07) is 40.0. The van der Waals surface area contributed by atoms with Crippen molar-refractivity contribution in [3.05, 3.63) is 134 Å². The van der Waals surface area contributed by atoms with Crippen LogP contribution in [0, 0.1) is 42.5 Å². The Hall–Kier alpha value is -2.81. The van der Waals surface area contributed by atoms with Gasteiger partial charge < -0.3 is 14.9 Å². The van der Waals surface area contributed by atoms with Crippen LogP contribution in [0.1, 0.15) is 36.1 Å². The van der Waals surface area contributed by atoms with Gasteiger partial charge in [-0.1, -0.05) is 108 Å². The monoisotopic (exact) mass is 732 g/mol. The molecule has 0 N–H and O–H groups in total. The first-order valence-corrected chi connectivity index (χ1v) is 16.8. The molecule has 0 radical (unpaired) electrons. The molecule has 0 saturated carbocycles. The second-order valence-corrected chi connectivity index (χ2v) is 16.4. The Morgan fingerprint density at radius 2 is 0.881 bits per heavy atom. The smallest absolute Gasteiger partial charge is 0.358 e. The first-order chi connectivity index (χ1) is 18.8. The van der Waals surface area contributed by atoms with E-state index < -0.39 is 8.07 Å². The van der Waals surface area contributed by atoms with E-state index in [1.807, 2.05) is 0 Å². The second kappa shape index (κ2) is 13.2. The Labute approximate surface area is 274 Å². The van der Waals surface area contributed by atoms with Crippen molar-refractivity contribution < 1.29 is 25.8 Å². The van der Waals surface area contributed by atoms with Crippen molar-refractivity contribution >= 4 is 40.0 Å². The summed E-state index contributed by atoms with van der Waals surface area (Å²) in [5.41, 5.74) is 10.6.